The van der Waals surface area contributed by atoms with E-state index in [0.29, 0.717) is 12.0 Å². The van der Waals surface area contributed by atoms with Crippen LogP contribution in [0.5, 0.6) is 0 Å². The maximum absolute atomic E-state index is 3.67. The molecule has 21 heavy (non-hydrogen) atoms. The average Bonchev–Trinajstić information content (AvgIpc) is 2.43. The lowest BCUT2D eigenvalue weighted by molar-refractivity contribution is 0.0938. The monoisotopic (exact) mass is 288 g/mol. The van der Waals surface area contributed by atoms with E-state index in [4.69, 9.17) is 0 Å². The maximum Gasteiger partial charge on any atom is 0.0472 e. The molecule has 118 valence electrons. The fourth-order valence-electron chi connectivity index (χ4n) is 3.61. The van der Waals surface area contributed by atoms with Crippen LogP contribution in [0.3, 0.4) is 0 Å². The predicted octanol–water partition coefficient (Wildman–Crippen LogP) is 3.95. The van der Waals surface area contributed by atoms with E-state index in [1.807, 2.05) is 0 Å². The lowest BCUT2D eigenvalue weighted by Crippen LogP contribution is -2.44. The standard InChI is InChI=1S/C19H32N2/c1-15(2)11-20-12-19(18-8-6-5-7-9-18)21-13-16(3)10-17(4)14-21/h5-9,15-17,19-20H,10-14H2,1-4H3. The SMILES string of the molecule is CC(C)CNCC(c1ccccc1)N1CC(C)CC(C)C1. The molecule has 1 aromatic rings. The third kappa shape index (κ3) is 5.12. The van der Waals surface area contributed by atoms with E-state index < -0.39 is 0 Å². The Labute approximate surface area is 130 Å². The summed E-state index contributed by atoms with van der Waals surface area (Å²) in [5, 5.41) is 3.67. The van der Waals surface area contributed by atoms with Crippen molar-refractivity contribution in [2.75, 3.05) is 26.2 Å². The molecule has 0 saturated carbocycles. The van der Waals surface area contributed by atoms with E-state index in [9.17, 15) is 0 Å². The van der Waals surface area contributed by atoms with Crippen molar-refractivity contribution in [2.45, 2.75) is 40.2 Å². The third-order valence-electron chi connectivity index (χ3n) is 4.41. The Kier molecular flexibility index (Phi) is 6.25. The minimum atomic E-state index is 0.509. The molecule has 2 rings (SSSR count). The van der Waals surface area contributed by atoms with Gasteiger partial charge in [0.05, 0.1) is 0 Å². The van der Waals surface area contributed by atoms with E-state index >= 15 is 0 Å². The van der Waals surface area contributed by atoms with Gasteiger partial charge in [-0.1, -0.05) is 58.0 Å². The summed E-state index contributed by atoms with van der Waals surface area (Å²) in [5.74, 6) is 2.33. The van der Waals surface area contributed by atoms with Crippen molar-refractivity contribution in [3.8, 4) is 0 Å². The van der Waals surface area contributed by atoms with Crippen LogP contribution in [0.4, 0.5) is 0 Å². The van der Waals surface area contributed by atoms with Crippen LogP contribution in [-0.4, -0.2) is 31.1 Å². The summed E-state index contributed by atoms with van der Waals surface area (Å²) in [7, 11) is 0. The number of likely N-dealkylation sites (tertiary alicyclic amines) is 1. The topological polar surface area (TPSA) is 15.3 Å². The molecular weight excluding hydrogens is 256 g/mol. The van der Waals surface area contributed by atoms with Gasteiger partial charge in [0.25, 0.3) is 0 Å². The molecule has 0 aliphatic carbocycles. The molecule has 0 spiro atoms. The Morgan fingerprint density at radius 3 is 2.24 bits per heavy atom. The predicted molar refractivity (Wildman–Crippen MR) is 91.4 cm³/mol. The van der Waals surface area contributed by atoms with Crippen LogP contribution in [0, 0.1) is 17.8 Å². The summed E-state index contributed by atoms with van der Waals surface area (Å²) in [6.07, 6.45) is 1.37. The third-order valence-corrected chi connectivity index (χ3v) is 4.41. The van der Waals surface area contributed by atoms with E-state index in [2.05, 4.69) is 68.2 Å². The molecule has 1 aromatic carbocycles. The van der Waals surface area contributed by atoms with Crippen molar-refractivity contribution in [1.29, 1.82) is 0 Å². The Morgan fingerprint density at radius 2 is 1.67 bits per heavy atom. The smallest absolute Gasteiger partial charge is 0.0472 e. The number of nitrogens with one attached hydrogen (secondary N) is 1. The number of nitrogens with zero attached hydrogens (tertiary/aromatic N) is 1. The highest BCUT2D eigenvalue weighted by Gasteiger charge is 2.28. The van der Waals surface area contributed by atoms with Crippen LogP contribution in [0.1, 0.15) is 45.7 Å². The van der Waals surface area contributed by atoms with Crippen molar-refractivity contribution >= 4 is 0 Å². The van der Waals surface area contributed by atoms with Gasteiger partial charge in [-0.05, 0) is 36.3 Å². The fraction of sp³-hybridized carbons (Fsp3) is 0.684. The number of benzene rings is 1. The molecule has 1 aliphatic heterocycles. The molecule has 1 saturated heterocycles. The lowest BCUT2D eigenvalue weighted by Gasteiger charge is -2.40. The number of hydrogen-bond acceptors (Lipinski definition) is 2. The van der Waals surface area contributed by atoms with Crippen molar-refractivity contribution in [3.63, 3.8) is 0 Å². The van der Waals surface area contributed by atoms with Crippen molar-refractivity contribution in [3.05, 3.63) is 35.9 Å². The summed E-state index contributed by atoms with van der Waals surface area (Å²) in [5.41, 5.74) is 1.45. The van der Waals surface area contributed by atoms with Gasteiger partial charge < -0.3 is 5.32 Å². The summed E-state index contributed by atoms with van der Waals surface area (Å²) in [6, 6.07) is 11.5. The van der Waals surface area contributed by atoms with Gasteiger partial charge in [0.2, 0.25) is 0 Å². The van der Waals surface area contributed by atoms with E-state index in [1.165, 1.54) is 25.1 Å². The number of hydrogen-bond donors (Lipinski definition) is 1. The quantitative estimate of drug-likeness (QED) is 0.852. The van der Waals surface area contributed by atoms with Gasteiger partial charge in [0, 0.05) is 25.7 Å². The Balaban J connectivity index is 2.07. The van der Waals surface area contributed by atoms with E-state index in [0.717, 1.165) is 24.9 Å². The van der Waals surface area contributed by atoms with Crippen molar-refractivity contribution < 1.29 is 0 Å². The van der Waals surface area contributed by atoms with Crippen LogP contribution in [0.2, 0.25) is 0 Å². The van der Waals surface area contributed by atoms with Crippen LogP contribution < -0.4 is 5.32 Å². The molecular formula is C19H32N2. The largest absolute Gasteiger partial charge is 0.315 e. The molecule has 0 amide bonds. The molecule has 0 radical (unpaired) electrons. The average molecular weight is 288 g/mol. The first-order valence-corrected chi connectivity index (χ1v) is 8.56. The molecule has 1 aliphatic rings. The molecule has 3 unspecified atom stereocenters. The summed E-state index contributed by atoms with van der Waals surface area (Å²) in [4.78, 5) is 2.70. The first-order valence-electron chi connectivity index (χ1n) is 8.56. The maximum atomic E-state index is 3.67. The Bertz CT molecular complexity index is 391. The minimum Gasteiger partial charge on any atom is -0.315 e. The van der Waals surface area contributed by atoms with Gasteiger partial charge in [0.15, 0.2) is 0 Å². The van der Waals surface area contributed by atoms with Gasteiger partial charge in [-0.2, -0.15) is 0 Å². The zero-order valence-corrected chi connectivity index (χ0v) is 14.2. The molecule has 1 heterocycles. The van der Waals surface area contributed by atoms with Crippen LogP contribution in [0.25, 0.3) is 0 Å². The Hall–Kier alpha value is -0.860. The molecule has 2 nitrogen and oxygen atoms in total. The summed E-state index contributed by atoms with van der Waals surface area (Å²) < 4.78 is 0. The molecule has 3 atom stereocenters. The van der Waals surface area contributed by atoms with Gasteiger partial charge in [0.1, 0.15) is 0 Å². The zero-order valence-electron chi connectivity index (χ0n) is 14.2. The first-order chi connectivity index (χ1) is 10.1. The summed E-state index contributed by atoms with van der Waals surface area (Å²) in [6.45, 7) is 14.0. The van der Waals surface area contributed by atoms with Crippen LogP contribution >= 0.6 is 0 Å². The number of piperidine rings is 1. The lowest BCUT2D eigenvalue weighted by atomic mass is 9.89. The molecule has 1 fully saturated rings. The molecule has 0 bridgehead atoms. The van der Waals surface area contributed by atoms with Crippen LogP contribution in [-0.2, 0) is 0 Å². The second kappa shape index (κ2) is 7.95. The highest BCUT2D eigenvalue weighted by Crippen LogP contribution is 2.29. The Morgan fingerprint density at radius 1 is 1.05 bits per heavy atom. The fourth-order valence-corrected chi connectivity index (χ4v) is 3.61. The van der Waals surface area contributed by atoms with Crippen LogP contribution in [0.15, 0.2) is 30.3 Å². The van der Waals surface area contributed by atoms with Crippen molar-refractivity contribution in [1.82, 2.24) is 10.2 Å². The van der Waals surface area contributed by atoms with Gasteiger partial charge in [-0.3, -0.25) is 4.90 Å². The molecule has 1 N–H and O–H groups in total. The second-order valence-electron chi connectivity index (χ2n) is 7.38. The summed E-state index contributed by atoms with van der Waals surface area (Å²) >= 11 is 0. The normalized spacial score (nSPS) is 25.2. The van der Waals surface area contributed by atoms with Gasteiger partial charge in [-0.25, -0.2) is 0 Å². The minimum absolute atomic E-state index is 0.509. The second-order valence-corrected chi connectivity index (χ2v) is 7.38. The van der Waals surface area contributed by atoms with E-state index in [1.54, 1.807) is 0 Å². The van der Waals surface area contributed by atoms with E-state index in [-0.39, 0.29) is 0 Å². The zero-order chi connectivity index (χ0) is 15.2. The highest BCUT2D eigenvalue weighted by atomic mass is 15.2. The van der Waals surface area contributed by atoms with Gasteiger partial charge >= 0.3 is 0 Å². The van der Waals surface area contributed by atoms with Crippen molar-refractivity contribution in [2.24, 2.45) is 17.8 Å². The number of rotatable bonds is 6. The highest BCUT2D eigenvalue weighted by molar-refractivity contribution is 5.19. The molecule has 2 heteroatoms. The molecule has 0 aromatic heterocycles. The van der Waals surface area contributed by atoms with Gasteiger partial charge in [-0.15, -0.1) is 0 Å². The first kappa shape index (κ1) is 16.5.